The van der Waals surface area contributed by atoms with Crippen molar-refractivity contribution in [2.45, 2.75) is 33.7 Å². The summed E-state index contributed by atoms with van der Waals surface area (Å²) in [4.78, 5) is 30.4. The first-order valence-corrected chi connectivity index (χ1v) is 11.2. The van der Waals surface area contributed by atoms with Crippen molar-refractivity contribution in [3.8, 4) is 21.1 Å². The van der Waals surface area contributed by atoms with Crippen molar-refractivity contribution in [3.63, 3.8) is 0 Å². The van der Waals surface area contributed by atoms with Gasteiger partial charge in [0, 0.05) is 42.8 Å². The molecule has 32 heavy (non-hydrogen) atoms. The highest BCUT2D eigenvalue weighted by molar-refractivity contribution is 7.18. The molecule has 0 atom stereocenters. The number of hydrogen-bond acceptors (Lipinski definition) is 7. The Kier molecular flexibility index (Phi) is 6.51. The molecule has 0 aliphatic rings. The number of benzene rings is 1. The molecule has 0 aliphatic heterocycles. The van der Waals surface area contributed by atoms with Crippen LogP contribution in [0.5, 0.6) is 0 Å². The van der Waals surface area contributed by atoms with Gasteiger partial charge in [-0.05, 0) is 49.2 Å². The molecular weight excluding hydrogens is 420 g/mol. The molecule has 0 spiro atoms. The maximum absolute atomic E-state index is 11.2. The number of pyridine rings is 1. The molecule has 0 radical (unpaired) electrons. The third-order valence-corrected chi connectivity index (χ3v) is 6.06. The summed E-state index contributed by atoms with van der Waals surface area (Å²) < 4.78 is 0. The Morgan fingerprint density at radius 1 is 1.06 bits per heavy atom. The van der Waals surface area contributed by atoms with Crippen LogP contribution in [0.25, 0.3) is 21.1 Å². The summed E-state index contributed by atoms with van der Waals surface area (Å²) in [6, 6.07) is 13.8. The second-order valence-electron chi connectivity index (χ2n) is 7.32. The summed E-state index contributed by atoms with van der Waals surface area (Å²) >= 11 is 1.61. The van der Waals surface area contributed by atoms with Crippen molar-refractivity contribution >= 4 is 28.9 Å². The number of carbonyl (C=O) groups excluding carboxylic acids is 1. The highest BCUT2D eigenvalue weighted by Gasteiger charge is 2.14. The van der Waals surface area contributed by atoms with Gasteiger partial charge in [-0.2, -0.15) is 0 Å². The summed E-state index contributed by atoms with van der Waals surface area (Å²) in [5.74, 6) is 0.446. The molecule has 3 heterocycles. The third kappa shape index (κ3) is 5.15. The van der Waals surface area contributed by atoms with Crippen LogP contribution in [0.3, 0.4) is 0 Å². The Labute approximate surface area is 191 Å². The molecule has 162 valence electrons. The Morgan fingerprint density at radius 2 is 1.91 bits per heavy atom. The van der Waals surface area contributed by atoms with E-state index >= 15 is 0 Å². The minimum absolute atomic E-state index is 0.0589. The number of thiazole rings is 1. The molecule has 2 N–H and O–H groups in total. The Hall–Kier alpha value is -3.65. The van der Waals surface area contributed by atoms with Gasteiger partial charge in [0.2, 0.25) is 11.9 Å². The van der Waals surface area contributed by atoms with E-state index in [9.17, 15) is 4.79 Å². The van der Waals surface area contributed by atoms with Crippen molar-refractivity contribution in [3.05, 3.63) is 71.8 Å². The predicted octanol–water partition coefficient (Wildman–Crippen LogP) is 4.91. The van der Waals surface area contributed by atoms with E-state index < -0.39 is 0 Å². The SMILES string of the molecule is CCc1cc(-c2nc(C)c(-c3ccnc(Nc4cccc(CNC(C)=O)c4)n3)s2)ccn1. The van der Waals surface area contributed by atoms with Gasteiger partial charge in [-0.1, -0.05) is 19.1 Å². The topological polar surface area (TPSA) is 92.7 Å². The molecule has 8 heteroatoms. The maximum atomic E-state index is 11.2. The fourth-order valence-electron chi connectivity index (χ4n) is 3.22. The number of anilines is 2. The van der Waals surface area contributed by atoms with Gasteiger partial charge in [-0.25, -0.2) is 15.0 Å². The Morgan fingerprint density at radius 3 is 2.72 bits per heavy atom. The van der Waals surface area contributed by atoms with Gasteiger partial charge < -0.3 is 10.6 Å². The monoisotopic (exact) mass is 444 g/mol. The number of hydrogen-bond donors (Lipinski definition) is 2. The van der Waals surface area contributed by atoms with Gasteiger partial charge in [0.25, 0.3) is 0 Å². The molecule has 1 amide bonds. The molecule has 4 rings (SSSR count). The molecule has 0 aliphatic carbocycles. The van der Waals surface area contributed by atoms with E-state index in [0.29, 0.717) is 12.5 Å². The number of rotatable bonds is 7. The summed E-state index contributed by atoms with van der Waals surface area (Å²) in [5.41, 5.74) is 5.72. The summed E-state index contributed by atoms with van der Waals surface area (Å²) in [5, 5.41) is 7.01. The predicted molar refractivity (Wildman–Crippen MR) is 128 cm³/mol. The Balaban J connectivity index is 1.57. The molecule has 4 aromatic rings. The van der Waals surface area contributed by atoms with Crippen molar-refractivity contribution in [2.75, 3.05) is 5.32 Å². The fraction of sp³-hybridized carbons (Fsp3) is 0.208. The van der Waals surface area contributed by atoms with Gasteiger partial charge in [0.15, 0.2) is 0 Å². The zero-order valence-corrected chi connectivity index (χ0v) is 19.0. The number of aromatic nitrogens is 4. The zero-order chi connectivity index (χ0) is 22.5. The highest BCUT2D eigenvalue weighted by Crippen LogP contribution is 2.34. The first-order chi connectivity index (χ1) is 15.5. The molecule has 0 saturated heterocycles. The van der Waals surface area contributed by atoms with Crippen LogP contribution in [-0.4, -0.2) is 25.8 Å². The van der Waals surface area contributed by atoms with Gasteiger partial charge in [0.05, 0.1) is 16.3 Å². The van der Waals surface area contributed by atoms with E-state index in [1.165, 1.54) is 6.92 Å². The second kappa shape index (κ2) is 9.65. The number of nitrogens with zero attached hydrogens (tertiary/aromatic N) is 4. The molecule has 0 bridgehead atoms. The van der Waals surface area contributed by atoms with Crippen LogP contribution in [-0.2, 0) is 17.8 Å². The van der Waals surface area contributed by atoms with Gasteiger partial charge in [-0.15, -0.1) is 11.3 Å². The number of carbonyl (C=O) groups is 1. The molecule has 3 aromatic heterocycles. The summed E-state index contributed by atoms with van der Waals surface area (Å²) in [6.07, 6.45) is 4.46. The normalized spacial score (nSPS) is 10.7. The number of amides is 1. The first kappa shape index (κ1) is 21.6. The molecule has 0 unspecified atom stereocenters. The molecule has 7 nitrogen and oxygen atoms in total. The van der Waals surface area contributed by atoms with E-state index in [1.807, 2.05) is 49.5 Å². The Bertz CT molecular complexity index is 1250. The molecular formula is C24H24N6OS. The first-order valence-electron chi connectivity index (χ1n) is 10.4. The number of nitrogens with one attached hydrogen (secondary N) is 2. The lowest BCUT2D eigenvalue weighted by Gasteiger charge is -2.08. The molecule has 0 saturated carbocycles. The van der Waals surface area contributed by atoms with Gasteiger partial charge in [0.1, 0.15) is 5.01 Å². The van der Waals surface area contributed by atoms with E-state index in [4.69, 9.17) is 9.97 Å². The summed E-state index contributed by atoms with van der Waals surface area (Å²) in [7, 11) is 0. The lowest BCUT2D eigenvalue weighted by Crippen LogP contribution is -2.18. The molecule has 1 aromatic carbocycles. The number of aryl methyl sites for hydroxylation is 2. The average molecular weight is 445 g/mol. The largest absolute Gasteiger partial charge is 0.352 e. The third-order valence-electron chi connectivity index (χ3n) is 4.84. The van der Waals surface area contributed by atoms with Crippen LogP contribution in [0.15, 0.2) is 54.9 Å². The standard InChI is InChI=1S/C24H24N6OS/c1-4-19-13-18(8-10-25-19)23-28-15(2)22(32-23)21-9-11-26-24(30-21)29-20-7-5-6-17(12-20)14-27-16(3)31/h5-13H,4,14H2,1-3H3,(H,27,31)(H,26,29,30). The highest BCUT2D eigenvalue weighted by atomic mass is 32.1. The van der Waals surface area contributed by atoms with Crippen LogP contribution in [0.4, 0.5) is 11.6 Å². The van der Waals surface area contributed by atoms with Gasteiger partial charge >= 0.3 is 0 Å². The van der Waals surface area contributed by atoms with Gasteiger partial charge in [-0.3, -0.25) is 9.78 Å². The zero-order valence-electron chi connectivity index (χ0n) is 18.2. The second-order valence-corrected chi connectivity index (χ2v) is 8.32. The average Bonchev–Trinajstić information content (AvgIpc) is 3.20. The fourth-order valence-corrected chi connectivity index (χ4v) is 4.25. The van der Waals surface area contributed by atoms with Crippen molar-refractivity contribution < 1.29 is 4.79 Å². The molecule has 0 fully saturated rings. The van der Waals surface area contributed by atoms with Crippen LogP contribution >= 0.6 is 11.3 Å². The lowest BCUT2D eigenvalue weighted by atomic mass is 10.2. The minimum atomic E-state index is -0.0589. The quantitative estimate of drug-likeness (QED) is 0.421. The minimum Gasteiger partial charge on any atom is -0.352 e. The van der Waals surface area contributed by atoms with Crippen molar-refractivity contribution in [2.24, 2.45) is 0 Å². The van der Waals surface area contributed by atoms with E-state index in [2.05, 4.69) is 33.6 Å². The van der Waals surface area contributed by atoms with E-state index in [1.54, 1.807) is 17.5 Å². The lowest BCUT2D eigenvalue weighted by molar-refractivity contribution is -0.119. The van der Waals surface area contributed by atoms with Crippen molar-refractivity contribution in [1.29, 1.82) is 0 Å². The van der Waals surface area contributed by atoms with Crippen LogP contribution < -0.4 is 10.6 Å². The smallest absolute Gasteiger partial charge is 0.227 e. The van der Waals surface area contributed by atoms with Crippen LogP contribution in [0, 0.1) is 6.92 Å². The maximum Gasteiger partial charge on any atom is 0.227 e. The van der Waals surface area contributed by atoms with E-state index in [0.717, 1.165) is 50.2 Å². The summed E-state index contributed by atoms with van der Waals surface area (Å²) in [6.45, 7) is 6.07. The van der Waals surface area contributed by atoms with Crippen LogP contribution in [0.1, 0.15) is 30.8 Å². The van der Waals surface area contributed by atoms with Crippen molar-refractivity contribution in [1.82, 2.24) is 25.3 Å². The van der Waals surface area contributed by atoms with E-state index in [-0.39, 0.29) is 5.91 Å². The van der Waals surface area contributed by atoms with Crippen LogP contribution in [0.2, 0.25) is 0 Å².